The molecule has 0 aliphatic carbocycles. The molecule has 0 bridgehead atoms. The largest absolute Gasteiger partial charge is 0.389 e. The van der Waals surface area contributed by atoms with Crippen LogP contribution in [0.2, 0.25) is 0 Å². The lowest BCUT2D eigenvalue weighted by Crippen LogP contribution is -2.05. The van der Waals surface area contributed by atoms with Crippen molar-refractivity contribution in [1.29, 1.82) is 0 Å². The van der Waals surface area contributed by atoms with Gasteiger partial charge in [-0.1, -0.05) is 0 Å². The summed E-state index contributed by atoms with van der Waals surface area (Å²) in [5.41, 5.74) is 0. The SMILES string of the molecule is C#CCCCCC(F)(F)F. The lowest BCUT2D eigenvalue weighted by molar-refractivity contribution is -0.135. The predicted octanol–water partition coefficient (Wildman–Crippen LogP) is 2.74. The molecule has 0 aliphatic heterocycles. The summed E-state index contributed by atoms with van der Waals surface area (Å²) in [7, 11) is 0. The molecule has 0 unspecified atom stereocenters. The molecular formula is C7H9F3. The van der Waals surface area contributed by atoms with Crippen LogP contribution >= 0.6 is 0 Å². The molecule has 0 saturated heterocycles. The van der Waals surface area contributed by atoms with E-state index < -0.39 is 12.6 Å². The van der Waals surface area contributed by atoms with Crippen molar-refractivity contribution in [2.45, 2.75) is 31.9 Å². The molecule has 0 spiro atoms. The maximum absolute atomic E-state index is 11.4. The second-order valence-corrected chi connectivity index (χ2v) is 2.03. The third-order valence-electron chi connectivity index (χ3n) is 1.03. The maximum Gasteiger partial charge on any atom is 0.389 e. The van der Waals surface area contributed by atoms with E-state index >= 15 is 0 Å². The number of unbranched alkanes of at least 4 members (excludes halogenated alkanes) is 2. The van der Waals surface area contributed by atoms with Gasteiger partial charge in [0.1, 0.15) is 0 Å². The molecule has 0 aromatic rings. The second kappa shape index (κ2) is 4.21. The third kappa shape index (κ3) is 7.35. The summed E-state index contributed by atoms with van der Waals surface area (Å²) < 4.78 is 34.3. The van der Waals surface area contributed by atoms with Crippen molar-refractivity contribution in [3.05, 3.63) is 0 Å². The lowest BCUT2D eigenvalue weighted by atomic mass is 10.2. The van der Waals surface area contributed by atoms with Gasteiger partial charge >= 0.3 is 6.18 Å². The number of alkyl halides is 3. The Morgan fingerprint density at radius 1 is 1.20 bits per heavy atom. The standard InChI is InChI=1S/C7H9F3/c1-2-3-4-5-6-7(8,9)10/h1H,3-6H2. The van der Waals surface area contributed by atoms with Crippen molar-refractivity contribution in [2.75, 3.05) is 0 Å². The first kappa shape index (κ1) is 9.35. The summed E-state index contributed by atoms with van der Waals surface area (Å²) in [4.78, 5) is 0. The fraction of sp³-hybridized carbons (Fsp3) is 0.714. The highest BCUT2D eigenvalue weighted by atomic mass is 19.4. The highest BCUT2D eigenvalue weighted by Gasteiger charge is 2.25. The van der Waals surface area contributed by atoms with Crippen LogP contribution in [-0.4, -0.2) is 6.18 Å². The topological polar surface area (TPSA) is 0 Å². The van der Waals surface area contributed by atoms with Crippen LogP contribution in [0.25, 0.3) is 0 Å². The van der Waals surface area contributed by atoms with E-state index in [9.17, 15) is 13.2 Å². The zero-order chi connectivity index (χ0) is 8.04. The van der Waals surface area contributed by atoms with Crippen LogP contribution in [0.15, 0.2) is 0 Å². The summed E-state index contributed by atoms with van der Waals surface area (Å²) in [6.45, 7) is 0. The number of terminal acetylenes is 1. The Morgan fingerprint density at radius 3 is 2.20 bits per heavy atom. The van der Waals surface area contributed by atoms with Gasteiger partial charge in [-0.15, -0.1) is 12.3 Å². The zero-order valence-electron chi connectivity index (χ0n) is 5.54. The van der Waals surface area contributed by atoms with Crippen LogP contribution in [0.5, 0.6) is 0 Å². The van der Waals surface area contributed by atoms with Gasteiger partial charge in [-0.3, -0.25) is 0 Å². The van der Waals surface area contributed by atoms with E-state index in [1.165, 1.54) is 0 Å². The Hall–Kier alpha value is -0.650. The smallest absolute Gasteiger partial charge is 0.171 e. The van der Waals surface area contributed by atoms with Crippen molar-refractivity contribution in [3.8, 4) is 12.3 Å². The summed E-state index contributed by atoms with van der Waals surface area (Å²) in [6, 6.07) is 0. The molecule has 0 rings (SSSR count). The van der Waals surface area contributed by atoms with Crippen LogP contribution < -0.4 is 0 Å². The molecule has 0 heterocycles. The molecule has 3 heteroatoms. The van der Waals surface area contributed by atoms with E-state index in [4.69, 9.17) is 6.42 Å². The molecule has 58 valence electrons. The van der Waals surface area contributed by atoms with Crippen molar-refractivity contribution in [2.24, 2.45) is 0 Å². The van der Waals surface area contributed by atoms with Gasteiger partial charge in [-0.2, -0.15) is 13.2 Å². The number of hydrogen-bond donors (Lipinski definition) is 0. The normalized spacial score (nSPS) is 11.0. The van der Waals surface area contributed by atoms with Gasteiger partial charge in [0.25, 0.3) is 0 Å². The molecule has 0 atom stereocenters. The van der Waals surface area contributed by atoms with Gasteiger partial charge in [0.05, 0.1) is 0 Å². The molecule has 0 aromatic heterocycles. The van der Waals surface area contributed by atoms with E-state index in [1.807, 2.05) is 0 Å². The fourth-order valence-corrected chi connectivity index (χ4v) is 0.553. The number of hydrogen-bond acceptors (Lipinski definition) is 0. The predicted molar refractivity (Wildman–Crippen MR) is 33.4 cm³/mol. The van der Waals surface area contributed by atoms with Gasteiger partial charge in [0.15, 0.2) is 0 Å². The van der Waals surface area contributed by atoms with Gasteiger partial charge in [-0.25, -0.2) is 0 Å². The van der Waals surface area contributed by atoms with Crippen LogP contribution in [0.4, 0.5) is 13.2 Å². The number of halogens is 3. The average Bonchev–Trinajstić information content (AvgIpc) is 1.78. The summed E-state index contributed by atoms with van der Waals surface area (Å²) in [6.07, 6.45) is 1.17. The Labute approximate surface area is 58.4 Å². The minimum atomic E-state index is -4.02. The van der Waals surface area contributed by atoms with E-state index in [1.54, 1.807) is 0 Å². The van der Waals surface area contributed by atoms with E-state index in [0.717, 1.165) is 0 Å². The Bertz CT molecular complexity index is 118. The van der Waals surface area contributed by atoms with E-state index in [0.29, 0.717) is 12.8 Å². The van der Waals surface area contributed by atoms with Crippen molar-refractivity contribution < 1.29 is 13.2 Å². The monoisotopic (exact) mass is 150 g/mol. The maximum atomic E-state index is 11.4. The van der Waals surface area contributed by atoms with E-state index in [-0.39, 0.29) is 6.42 Å². The molecule has 10 heavy (non-hydrogen) atoms. The minimum absolute atomic E-state index is 0.147. The Balaban J connectivity index is 3.14. The molecular weight excluding hydrogens is 141 g/mol. The highest BCUT2D eigenvalue weighted by Crippen LogP contribution is 2.22. The molecule has 0 amide bonds. The van der Waals surface area contributed by atoms with Crippen molar-refractivity contribution in [3.63, 3.8) is 0 Å². The van der Waals surface area contributed by atoms with Crippen LogP contribution in [0, 0.1) is 12.3 Å². The quantitative estimate of drug-likeness (QED) is 0.428. The van der Waals surface area contributed by atoms with Crippen molar-refractivity contribution >= 4 is 0 Å². The van der Waals surface area contributed by atoms with Gasteiger partial charge in [-0.05, 0) is 12.8 Å². The zero-order valence-corrected chi connectivity index (χ0v) is 5.54. The first-order valence-electron chi connectivity index (χ1n) is 3.06. The summed E-state index contributed by atoms with van der Waals surface area (Å²) in [5, 5.41) is 0. The lowest BCUT2D eigenvalue weighted by Gasteiger charge is -2.03. The molecule has 0 aromatic carbocycles. The molecule has 0 aliphatic rings. The molecule has 0 N–H and O–H groups in total. The second-order valence-electron chi connectivity index (χ2n) is 2.03. The third-order valence-corrected chi connectivity index (χ3v) is 1.03. The molecule has 0 radical (unpaired) electrons. The van der Waals surface area contributed by atoms with E-state index in [2.05, 4.69) is 5.92 Å². The highest BCUT2D eigenvalue weighted by molar-refractivity contribution is 4.82. The average molecular weight is 150 g/mol. The number of rotatable bonds is 3. The van der Waals surface area contributed by atoms with Gasteiger partial charge in [0, 0.05) is 12.8 Å². The molecule has 0 saturated carbocycles. The first-order chi connectivity index (χ1) is 4.56. The molecule has 0 nitrogen and oxygen atoms in total. The Morgan fingerprint density at radius 2 is 1.80 bits per heavy atom. The van der Waals surface area contributed by atoms with Crippen LogP contribution in [-0.2, 0) is 0 Å². The van der Waals surface area contributed by atoms with Crippen LogP contribution in [0.3, 0.4) is 0 Å². The summed E-state index contributed by atoms with van der Waals surface area (Å²) >= 11 is 0. The molecule has 0 fully saturated rings. The summed E-state index contributed by atoms with van der Waals surface area (Å²) in [5.74, 6) is 2.29. The van der Waals surface area contributed by atoms with Crippen LogP contribution in [0.1, 0.15) is 25.7 Å². The minimum Gasteiger partial charge on any atom is -0.171 e. The Kier molecular flexibility index (Phi) is 3.94. The fourth-order valence-electron chi connectivity index (χ4n) is 0.553. The van der Waals surface area contributed by atoms with Gasteiger partial charge in [0.2, 0.25) is 0 Å². The van der Waals surface area contributed by atoms with Crippen molar-refractivity contribution in [1.82, 2.24) is 0 Å². The first-order valence-corrected chi connectivity index (χ1v) is 3.06. The van der Waals surface area contributed by atoms with Gasteiger partial charge < -0.3 is 0 Å².